The minimum absolute atomic E-state index is 0.110. The molecule has 1 atom stereocenters. The van der Waals surface area contributed by atoms with Gasteiger partial charge in [-0.15, -0.1) is 11.8 Å². The average molecular weight is 303 g/mol. The van der Waals surface area contributed by atoms with Crippen LogP contribution in [0.2, 0.25) is 0 Å². The minimum atomic E-state index is -1.02. The molecule has 1 rings (SSSR count). The Morgan fingerprint density at radius 2 is 2.06 bits per heavy atom. The number of carbonyl (C=O) groups excluding carboxylic acids is 1. The summed E-state index contributed by atoms with van der Waals surface area (Å²) >= 11 is 4.72. The molecular weight excluding hydrogens is 292 g/mol. The molecule has 1 unspecified atom stereocenters. The largest absolute Gasteiger partial charge is 0.478 e. The summed E-state index contributed by atoms with van der Waals surface area (Å²) in [5.41, 5.74) is 0.668. The Morgan fingerprint density at radius 1 is 1.44 bits per heavy atom. The molecule has 86 valence electrons. The van der Waals surface area contributed by atoms with Crippen LogP contribution in [0.25, 0.3) is 0 Å². The number of thioether (sulfide) groups is 1. The van der Waals surface area contributed by atoms with Gasteiger partial charge in [0.2, 0.25) is 0 Å². The van der Waals surface area contributed by atoms with Crippen LogP contribution in [0.1, 0.15) is 27.7 Å². The molecule has 0 aliphatic heterocycles. The Morgan fingerprint density at radius 3 is 2.50 bits per heavy atom. The molecule has 0 aliphatic carbocycles. The van der Waals surface area contributed by atoms with Crippen molar-refractivity contribution < 1.29 is 14.7 Å². The first kappa shape index (κ1) is 13.3. The van der Waals surface area contributed by atoms with Crippen molar-refractivity contribution in [2.24, 2.45) is 0 Å². The van der Waals surface area contributed by atoms with E-state index in [9.17, 15) is 9.59 Å². The lowest BCUT2D eigenvalue weighted by Crippen LogP contribution is -2.09. The van der Waals surface area contributed by atoms with Crippen molar-refractivity contribution in [3.8, 4) is 0 Å². The molecule has 1 N–H and O–H groups in total. The first-order valence-corrected chi connectivity index (χ1v) is 6.67. The number of hydrogen-bond acceptors (Lipinski definition) is 3. The van der Waals surface area contributed by atoms with E-state index in [-0.39, 0.29) is 11.3 Å². The lowest BCUT2D eigenvalue weighted by Gasteiger charge is -2.11. The zero-order chi connectivity index (χ0) is 12.3. The standard InChI is InChI=1S/C11H11BrO3S/c1-6(13)10(12)9-5-7(16-2)3-4-8(9)11(14)15/h3-5,10H,1-2H3,(H,14,15). The van der Waals surface area contributed by atoms with Gasteiger partial charge in [-0.05, 0) is 36.9 Å². The molecule has 0 aliphatic rings. The lowest BCUT2D eigenvalue weighted by atomic mass is 10.0. The first-order valence-electron chi connectivity index (χ1n) is 4.53. The Bertz CT molecular complexity index is 431. The van der Waals surface area contributed by atoms with Crippen molar-refractivity contribution in [3.05, 3.63) is 29.3 Å². The molecule has 0 amide bonds. The predicted octanol–water partition coefficient (Wildman–Crippen LogP) is 3.13. The van der Waals surface area contributed by atoms with Gasteiger partial charge in [-0.25, -0.2) is 4.79 Å². The third-order valence-corrected chi connectivity index (χ3v) is 3.98. The van der Waals surface area contributed by atoms with Gasteiger partial charge >= 0.3 is 5.97 Å². The smallest absolute Gasteiger partial charge is 0.336 e. The quantitative estimate of drug-likeness (QED) is 0.686. The third kappa shape index (κ3) is 2.86. The molecule has 0 aromatic heterocycles. The number of carboxylic acid groups (broad SMARTS) is 1. The number of alkyl halides is 1. The average Bonchev–Trinajstić information content (AvgIpc) is 2.26. The Kier molecular flexibility index (Phi) is 4.56. The maximum absolute atomic E-state index is 11.3. The second-order valence-electron chi connectivity index (χ2n) is 3.23. The van der Waals surface area contributed by atoms with Crippen molar-refractivity contribution in [1.29, 1.82) is 0 Å². The maximum Gasteiger partial charge on any atom is 0.336 e. The number of carbonyl (C=O) groups is 2. The summed E-state index contributed by atoms with van der Waals surface area (Å²) in [6.07, 6.45) is 1.90. The highest BCUT2D eigenvalue weighted by Crippen LogP contribution is 2.30. The molecule has 0 saturated heterocycles. The van der Waals surface area contributed by atoms with Crippen molar-refractivity contribution >= 4 is 39.4 Å². The van der Waals surface area contributed by atoms with Crippen molar-refractivity contribution in [2.75, 3.05) is 6.26 Å². The molecule has 0 saturated carbocycles. The summed E-state index contributed by atoms with van der Waals surface area (Å²) in [7, 11) is 0. The number of benzene rings is 1. The van der Waals surface area contributed by atoms with Crippen LogP contribution in [0.5, 0.6) is 0 Å². The van der Waals surface area contributed by atoms with Crippen LogP contribution in [-0.4, -0.2) is 23.1 Å². The summed E-state index contributed by atoms with van der Waals surface area (Å²) in [6.45, 7) is 1.43. The summed E-state index contributed by atoms with van der Waals surface area (Å²) < 4.78 is 0. The van der Waals surface area contributed by atoms with Gasteiger partial charge in [0.1, 0.15) is 5.78 Å². The molecule has 0 fully saturated rings. The van der Waals surface area contributed by atoms with E-state index in [0.717, 1.165) is 4.90 Å². The van der Waals surface area contributed by atoms with Crippen LogP contribution >= 0.6 is 27.7 Å². The van der Waals surface area contributed by atoms with Crippen molar-refractivity contribution in [1.82, 2.24) is 0 Å². The highest BCUT2D eigenvalue weighted by atomic mass is 79.9. The van der Waals surface area contributed by atoms with Crippen LogP contribution in [0.15, 0.2) is 23.1 Å². The molecule has 0 heterocycles. The van der Waals surface area contributed by atoms with Crippen LogP contribution in [0.4, 0.5) is 0 Å². The highest BCUT2D eigenvalue weighted by molar-refractivity contribution is 9.09. The summed E-state index contributed by atoms with van der Waals surface area (Å²) in [6, 6.07) is 4.99. The molecule has 0 spiro atoms. The Labute approximate surface area is 106 Å². The lowest BCUT2D eigenvalue weighted by molar-refractivity contribution is -0.116. The third-order valence-electron chi connectivity index (χ3n) is 2.12. The van der Waals surface area contributed by atoms with E-state index >= 15 is 0 Å². The number of aromatic carboxylic acids is 1. The van der Waals surface area contributed by atoms with Crippen LogP contribution in [-0.2, 0) is 4.79 Å². The molecule has 1 aromatic carbocycles. The zero-order valence-corrected chi connectivity index (χ0v) is 11.3. The molecule has 5 heteroatoms. The fraction of sp³-hybridized carbons (Fsp3) is 0.273. The van der Waals surface area contributed by atoms with Gasteiger partial charge in [0.25, 0.3) is 0 Å². The topological polar surface area (TPSA) is 54.4 Å². The van der Waals surface area contributed by atoms with E-state index in [1.165, 1.54) is 24.8 Å². The van der Waals surface area contributed by atoms with Crippen LogP contribution < -0.4 is 0 Å². The normalized spacial score (nSPS) is 12.2. The van der Waals surface area contributed by atoms with E-state index in [1.54, 1.807) is 12.1 Å². The molecule has 0 radical (unpaired) electrons. The SMILES string of the molecule is CSc1ccc(C(=O)O)c(C(Br)C(C)=O)c1. The van der Waals surface area contributed by atoms with Gasteiger partial charge in [-0.1, -0.05) is 15.9 Å². The van der Waals surface area contributed by atoms with Gasteiger partial charge in [-0.2, -0.15) is 0 Å². The van der Waals surface area contributed by atoms with E-state index in [1.807, 2.05) is 6.26 Å². The fourth-order valence-electron chi connectivity index (χ4n) is 1.29. The van der Waals surface area contributed by atoms with Gasteiger partial charge < -0.3 is 5.11 Å². The second kappa shape index (κ2) is 5.50. The first-order chi connectivity index (χ1) is 7.47. The molecule has 0 bridgehead atoms. The Hall–Kier alpha value is -0.810. The van der Waals surface area contributed by atoms with E-state index in [2.05, 4.69) is 15.9 Å². The number of Topliss-reactive ketones (excluding diaryl/α,β-unsaturated/α-hetero) is 1. The van der Waals surface area contributed by atoms with Crippen LogP contribution in [0.3, 0.4) is 0 Å². The Balaban J connectivity index is 3.30. The summed E-state index contributed by atoms with van der Waals surface area (Å²) in [5.74, 6) is -1.13. The van der Waals surface area contributed by atoms with E-state index < -0.39 is 10.8 Å². The number of halogens is 1. The zero-order valence-electron chi connectivity index (χ0n) is 8.86. The van der Waals surface area contributed by atoms with Gasteiger partial charge in [-0.3, -0.25) is 4.79 Å². The number of hydrogen-bond donors (Lipinski definition) is 1. The maximum atomic E-state index is 11.3. The minimum Gasteiger partial charge on any atom is -0.478 e. The molecular formula is C11H11BrO3S. The summed E-state index contributed by atoms with van der Waals surface area (Å²) in [5, 5.41) is 9.02. The number of rotatable bonds is 4. The highest BCUT2D eigenvalue weighted by Gasteiger charge is 2.20. The van der Waals surface area contributed by atoms with Crippen molar-refractivity contribution in [2.45, 2.75) is 16.6 Å². The molecule has 16 heavy (non-hydrogen) atoms. The number of carboxylic acids is 1. The van der Waals surface area contributed by atoms with Gasteiger partial charge in [0.15, 0.2) is 0 Å². The van der Waals surface area contributed by atoms with Crippen molar-refractivity contribution in [3.63, 3.8) is 0 Å². The second-order valence-corrected chi connectivity index (χ2v) is 5.03. The van der Waals surface area contributed by atoms with Gasteiger partial charge in [0, 0.05) is 4.90 Å². The fourth-order valence-corrected chi connectivity index (χ4v) is 2.12. The molecule has 3 nitrogen and oxygen atoms in total. The monoisotopic (exact) mass is 302 g/mol. The summed E-state index contributed by atoms with van der Waals surface area (Å²) in [4.78, 5) is 22.7. The predicted molar refractivity (Wildman–Crippen MR) is 67.5 cm³/mol. The molecule has 1 aromatic rings. The number of ketones is 1. The van der Waals surface area contributed by atoms with E-state index in [4.69, 9.17) is 5.11 Å². The van der Waals surface area contributed by atoms with Crippen LogP contribution in [0, 0.1) is 0 Å². The van der Waals surface area contributed by atoms with E-state index in [0.29, 0.717) is 5.56 Å². The van der Waals surface area contributed by atoms with Gasteiger partial charge in [0.05, 0.1) is 10.4 Å².